The van der Waals surface area contributed by atoms with Crippen molar-refractivity contribution in [3.8, 4) is 0 Å². The Morgan fingerprint density at radius 2 is 1.92 bits per heavy atom. The van der Waals surface area contributed by atoms with Gasteiger partial charge in [-0.25, -0.2) is 0 Å². The van der Waals surface area contributed by atoms with E-state index in [1.807, 2.05) is 26.1 Å². The minimum atomic E-state index is -0.0284. The average Bonchev–Trinajstić information content (AvgIpc) is 2.89. The second kappa shape index (κ2) is 10.9. The lowest BCUT2D eigenvalue weighted by Gasteiger charge is -2.16. The Hall–Kier alpha value is -0.810. The summed E-state index contributed by atoms with van der Waals surface area (Å²) in [4.78, 5) is 14.7. The molecule has 1 amide bonds. The minimum absolute atomic E-state index is 0. The maximum Gasteiger partial charge on any atom is 0.228 e. The van der Waals surface area contributed by atoms with E-state index in [0.29, 0.717) is 6.54 Å². The van der Waals surface area contributed by atoms with Crippen LogP contribution in [-0.4, -0.2) is 30.9 Å². The third-order valence-corrected chi connectivity index (χ3v) is 4.29. The lowest BCUT2D eigenvalue weighted by molar-refractivity contribution is -0.119. The van der Waals surface area contributed by atoms with Crippen molar-refractivity contribution in [1.82, 2.24) is 10.2 Å². The van der Waals surface area contributed by atoms with Gasteiger partial charge in [0.05, 0.1) is 0 Å². The zero-order valence-corrected chi connectivity index (χ0v) is 16.7. The van der Waals surface area contributed by atoms with Crippen molar-refractivity contribution in [2.45, 2.75) is 40.3 Å². The summed E-state index contributed by atoms with van der Waals surface area (Å²) in [6.07, 6.45) is 1.22. The van der Waals surface area contributed by atoms with Crippen LogP contribution in [0.15, 0.2) is 18.2 Å². The van der Waals surface area contributed by atoms with E-state index in [1.54, 1.807) is 0 Å². The maximum atomic E-state index is 12.2. The summed E-state index contributed by atoms with van der Waals surface area (Å²) in [6.45, 7) is 10.2. The third kappa shape index (κ3) is 6.25. The fraction of sp³-hybridized carbons (Fsp3) is 0.611. The van der Waals surface area contributed by atoms with Gasteiger partial charge in [-0.1, -0.05) is 32.9 Å². The second-order valence-electron chi connectivity index (χ2n) is 6.78. The molecule has 1 aliphatic rings. The van der Waals surface area contributed by atoms with Crippen molar-refractivity contribution in [3.63, 3.8) is 0 Å². The van der Waals surface area contributed by atoms with Crippen LogP contribution in [0.3, 0.4) is 0 Å². The summed E-state index contributed by atoms with van der Waals surface area (Å²) in [6, 6.07) is 6.25. The Kier molecular flexibility index (Phi) is 10.6. The Morgan fingerprint density at radius 1 is 1.21 bits per heavy atom. The van der Waals surface area contributed by atoms with Crippen molar-refractivity contribution in [2.75, 3.05) is 25.5 Å². The zero-order chi connectivity index (χ0) is 16.1. The van der Waals surface area contributed by atoms with Gasteiger partial charge < -0.3 is 10.6 Å². The molecule has 0 fully saturated rings. The van der Waals surface area contributed by atoms with Crippen LogP contribution in [0.1, 0.15) is 38.3 Å². The Labute approximate surface area is 158 Å². The summed E-state index contributed by atoms with van der Waals surface area (Å²) in [7, 11) is 1.87. The van der Waals surface area contributed by atoms with E-state index in [1.165, 1.54) is 17.5 Å². The van der Waals surface area contributed by atoms with Crippen LogP contribution >= 0.6 is 24.8 Å². The number of nitrogens with zero attached hydrogens (tertiary/aromatic N) is 1. The van der Waals surface area contributed by atoms with Gasteiger partial charge in [0.1, 0.15) is 0 Å². The van der Waals surface area contributed by atoms with Crippen molar-refractivity contribution in [3.05, 3.63) is 29.3 Å². The van der Waals surface area contributed by atoms with Gasteiger partial charge in [0.15, 0.2) is 0 Å². The Balaban J connectivity index is 0.00000264. The van der Waals surface area contributed by atoms with Gasteiger partial charge >= 0.3 is 0 Å². The van der Waals surface area contributed by atoms with E-state index in [0.717, 1.165) is 31.2 Å². The average molecular weight is 376 g/mol. The van der Waals surface area contributed by atoms with Gasteiger partial charge in [0, 0.05) is 31.2 Å². The van der Waals surface area contributed by atoms with Gasteiger partial charge in [-0.2, -0.15) is 0 Å². The van der Waals surface area contributed by atoms with E-state index in [-0.39, 0.29) is 36.6 Å². The largest absolute Gasteiger partial charge is 0.326 e. The first kappa shape index (κ1) is 23.2. The second-order valence-corrected chi connectivity index (χ2v) is 6.78. The molecule has 2 N–H and O–H groups in total. The van der Waals surface area contributed by atoms with Crippen LogP contribution < -0.4 is 10.6 Å². The number of benzene rings is 1. The highest BCUT2D eigenvalue weighted by Crippen LogP contribution is 2.30. The fourth-order valence-electron chi connectivity index (χ4n) is 2.86. The topological polar surface area (TPSA) is 44.4 Å². The molecule has 2 rings (SSSR count). The predicted octanol–water partition coefficient (Wildman–Crippen LogP) is 3.69. The lowest BCUT2D eigenvalue weighted by atomic mass is 10.1. The van der Waals surface area contributed by atoms with Crippen LogP contribution in [0.5, 0.6) is 0 Å². The van der Waals surface area contributed by atoms with Crippen LogP contribution in [0, 0.1) is 11.8 Å². The van der Waals surface area contributed by atoms with E-state index < -0.39 is 0 Å². The SMILES string of the molecule is CNCC(C)C(=O)Nc1cccc2c1CN(CCC(C)C)C2.Cl.Cl. The number of hydrogen-bond donors (Lipinski definition) is 2. The number of halogens is 2. The summed E-state index contributed by atoms with van der Waals surface area (Å²) in [5.41, 5.74) is 3.62. The lowest BCUT2D eigenvalue weighted by Crippen LogP contribution is -2.29. The zero-order valence-electron chi connectivity index (χ0n) is 15.1. The molecule has 1 aromatic rings. The number of hydrogen-bond acceptors (Lipinski definition) is 3. The Bertz CT molecular complexity index is 523. The molecule has 1 atom stereocenters. The van der Waals surface area contributed by atoms with E-state index in [9.17, 15) is 4.79 Å². The molecule has 1 aromatic carbocycles. The van der Waals surface area contributed by atoms with Crippen molar-refractivity contribution in [1.29, 1.82) is 0 Å². The number of rotatable bonds is 7. The summed E-state index contributed by atoms with van der Waals surface area (Å²) >= 11 is 0. The first-order chi connectivity index (χ1) is 10.5. The summed E-state index contributed by atoms with van der Waals surface area (Å²) in [5.74, 6) is 0.785. The molecule has 1 aliphatic heterocycles. The monoisotopic (exact) mass is 375 g/mol. The van der Waals surface area contributed by atoms with Crippen LogP contribution in [0.2, 0.25) is 0 Å². The molecule has 6 heteroatoms. The molecule has 0 aliphatic carbocycles. The summed E-state index contributed by atoms with van der Waals surface area (Å²) in [5, 5.41) is 6.16. The van der Waals surface area contributed by atoms with Gasteiger partial charge in [0.25, 0.3) is 0 Å². The molecule has 0 saturated heterocycles. The maximum absolute atomic E-state index is 12.2. The number of carbonyl (C=O) groups excluding carboxylic acids is 1. The van der Waals surface area contributed by atoms with Gasteiger partial charge in [-0.15, -0.1) is 24.8 Å². The molecular formula is C18H31Cl2N3O. The van der Waals surface area contributed by atoms with Crippen LogP contribution in [0.25, 0.3) is 0 Å². The molecule has 1 unspecified atom stereocenters. The van der Waals surface area contributed by atoms with Gasteiger partial charge in [0.2, 0.25) is 5.91 Å². The summed E-state index contributed by atoms with van der Waals surface area (Å²) < 4.78 is 0. The predicted molar refractivity (Wildman–Crippen MR) is 106 cm³/mol. The molecule has 1 heterocycles. The van der Waals surface area contributed by atoms with Crippen LogP contribution in [0.4, 0.5) is 5.69 Å². The number of amides is 1. The molecule has 4 nitrogen and oxygen atoms in total. The molecule has 0 radical (unpaired) electrons. The first-order valence-corrected chi connectivity index (χ1v) is 8.29. The van der Waals surface area contributed by atoms with E-state index in [2.05, 4.69) is 35.4 Å². The highest BCUT2D eigenvalue weighted by molar-refractivity contribution is 5.93. The number of anilines is 1. The van der Waals surface area contributed by atoms with Crippen molar-refractivity contribution >= 4 is 36.4 Å². The quantitative estimate of drug-likeness (QED) is 0.763. The molecule has 0 spiro atoms. The molecule has 0 aromatic heterocycles. The van der Waals surface area contributed by atoms with Gasteiger partial charge in [-0.3, -0.25) is 9.69 Å². The Morgan fingerprint density at radius 3 is 2.54 bits per heavy atom. The smallest absolute Gasteiger partial charge is 0.228 e. The number of fused-ring (bicyclic) bond motifs is 1. The third-order valence-electron chi connectivity index (χ3n) is 4.29. The van der Waals surface area contributed by atoms with E-state index >= 15 is 0 Å². The molecular weight excluding hydrogens is 345 g/mol. The van der Waals surface area contributed by atoms with Crippen molar-refractivity contribution in [2.24, 2.45) is 11.8 Å². The van der Waals surface area contributed by atoms with Crippen molar-refractivity contribution < 1.29 is 4.79 Å². The normalized spacial score (nSPS) is 14.5. The molecule has 0 saturated carbocycles. The molecule has 0 bridgehead atoms. The van der Waals surface area contributed by atoms with E-state index in [4.69, 9.17) is 0 Å². The highest BCUT2D eigenvalue weighted by atomic mass is 35.5. The van der Waals surface area contributed by atoms with Crippen LogP contribution in [-0.2, 0) is 17.9 Å². The van der Waals surface area contributed by atoms with Gasteiger partial charge in [-0.05, 0) is 43.1 Å². The number of nitrogens with one attached hydrogen (secondary N) is 2. The highest BCUT2D eigenvalue weighted by Gasteiger charge is 2.23. The molecule has 24 heavy (non-hydrogen) atoms. The minimum Gasteiger partial charge on any atom is -0.326 e. The molecule has 138 valence electrons. The fourth-order valence-corrected chi connectivity index (χ4v) is 2.86. The first-order valence-electron chi connectivity index (χ1n) is 8.29. The standard InChI is InChI=1S/C18H29N3O.2ClH/c1-13(2)8-9-21-11-15-6-5-7-17(16(15)12-21)20-18(22)14(3)10-19-4;;/h5-7,13-14,19H,8-12H2,1-4H3,(H,20,22);2*1H. The number of carbonyl (C=O) groups is 1.